The molecule has 0 saturated carbocycles. The lowest BCUT2D eigenvalue weighted by atomic mass is 9.77. The van der Waals surface area contributed by atoms with Crippen molar-refractivity contribution in [1.29, 1.82) is 0 Å². The van der Waals surface area contributed by atoms with Crippen LogP contribution in [-0.2, 0) is 16.1 Å². The van der Waals surface area contributed by atoms with Gasteiger partial charge in [-0.25, -0.2) is 9.97 Å². The first-order valence-corrected chi connectivity index (χ1v) is 14.4. The molecule has 6 rings (SSSR count). The molecule has 2 aliphatic rings. The van der Waals surface area contributed by atoms with E-state index in [9.17, 15) is 9.90 Å². The fraction of sp³-hybridized carbons (Fsp3) is 0.552. The second-order valence-corrected chi connectivity index (χ2v) is 12.1. The molecule has 3 aromatic heterocycles. The molecule has 2 fully saturated rings. The van der Waals surface area contributed by atoms with E-state index < -0.39 is 11.2 Å². The number of amides is 1. The highest BCUT2D eigenvalue weighted by Gasteiger charge is 2.50. The Labute approximate surface area is 238 Å². The lowest BCUT2D eigenvalue weighted by Crippen LogP contribution is -2.57. The SMILES string of the molecule is CC(C)c1nc2ccccc2n1CCCC(=O)N1CCC2(CC1)C[C@H](n1cnc3c(N)nc(N)nc31)[C@@](C)(O)CO2. The molecule has 1 amide bonds. The van der Waals surface area contributed by atoms with Crippen LogP contribution >= 0.6 is 0 Å². The second kappa shape index (κ2) is 10.3. The highest BCUT2D eigenvalue weighted by atomic mass is 16.5. The highest BCUT2D eigenvalue weighted by molar-refractivity contribution is 5.83. The number of fused-ring (bicyclic) bond motifs is 2. The fourth-order valence-electron chi connectivity index (χ4n) is 6.44. The lowest BCUT2D eigenvalue weighted by Gasteiger charge is -2.51. The van der Waals surface area contributed by atoms with Gasteiger partial charge < -0.3 is 35.3 Å². The van der Waals surface area contributed by atoms with Gasteiger partial charge in [0.25, 0.3) is 0 Å². The summed E-state index contributed by atoms with van der Waals surface area (Å²) < 4.78 is 10.4. The number of likely N-dealkylation sites (tertiary alicyclic amines) is 1. The predicted molar refractivity (Wildman–Crippen MR) is 156 cm³/mol. The van der Waals surface area contributed by atoms with Gasteiger partial charge in [0.05, 0.1) is 35.6 Å². The molecule has 0 radical (unpaired) electrons. The van der Waals surface area contributed by atoms with E-state index in [0.717, 1.165) is 29.8 Å². The number of aromatic nitrogens is 6. The van der Waals surface area contributed by atoms with E-state index >= 15 is 0 Å². The number of aliphatic hydroxyl groups is 1. The number of imidazole rings is 2. The molecule has 5 heterocycles. The number of rotatable bonds is 6. The van der Waals surface area contributed by atoms with Crippen molar-refractivity contribution in [2.75, 3.05) is 31.2 Å². The van der Waals surface area contributed by atoms with Crippen LogP contribution in [-0.4, -0.2) is 75.9 Å². The fourth-order valence-corrected chi connectivity index (χ4v) is 6.44. The van der Waals surface area contributed by atoms with Crippen LogP contribution < -0.4 is 11.5 Å². The number of carbonyl (C=O) groups excluding carboxylic acids is 1. The number of benzene rings is 1. The number of hydrogen-bond donors (Lipinski definition) is 3. The van der Waals surface area contributed by atoms with Gasteiger partial charge in [-0.1, -0.05) is 26.0 Å². The molecular formula is C29H39N9O3. The van der Waals surface area contributed by atoms with Crippen LogP contribution in [0.3, 0.4) is 0 Å². The van der Waals surface area contributed by atoms with Crippen molar-refractivity contribution in [3.63, 3.8) is 0 Å². The van der Waals surface area contributed by atoms with Crippen LogP contribution in [0.5, 0.6) is 0 Å². The monoisotopic (exact) mass is 561 g/mol. The average Bonchev–Trinajstić information content (AvgIpc) is 3.53. The average molecular weight is 562 g/mol. The molecule has 5 N–H and O–H groups in total. The number of nitrogen functional groups attached to an aromatic ring is 2. The van der Waals surface area contributed by atoms with Crippen LogP contribution in [0.4, 0.5) is 11.8 Å². The van der Waals surface area contributed by atoms with Gasteiger partial charge in [0.15, 0.2) is 11.5 Å². The molecule has 12 heteroatoms. The quantitative estimate of drug-likeness (QED) is 0.321. The van der Waals surface area contributed by atoms with E-state index in [4.69, 9.17) is 21.2 Å². The third-order valence-corrected chi connectivity index (χ3v) is 8.76. The number of para-hydroxylation sites is 2. The first-order chi connectivity index (χ1) is 19.6. The summed E-state index contributed by atoms with van der Waals surface area (Å²) in [5, 5.41) is 11.3. The van der Waals surface area contributed by atoms with Crippen molar-refractivity contribution in [2.45, 2.75) is 82.6 Å². The number of piperidine rings is 1. The maximum Gasteiger partial charge on any atom is 0.224 e. The topological polar surface area (TPSA) is 163 Å². The van der Waals surface area contributed by atoms with Gasteiger partial charge in [0, 0.05) is 38.4 Å². The van der Waals surface area contributed by atoms with Crippen molar-refractivity contribution in [3.8, 4) is 0 Å². The molecule has 2 aliphatic heterocycles. The minimum absolute atomic E-state index is 0.0617. The number of aryl methyl sites for hydroxylation is 1. The van der Waals surface area contributed by atoms with Gasteiger partial charge in [-0.2, -0.15) is 9.97 Å². The van der Waals surface area contributed by atoms with E-state index in [0.29, 0.717) is 55.9 Å². The minimum Gasteiger partial charge on any atom is -0.386 e. The Hall–Kier alpha value is -3.77. The number of carbonyl (C=O) groups is 1. The van der Waals surface area contributed by atoms with E-state index in [1.54, 1.807) is 13.3 Å². The molecule has 2 saturated heterocycles. The summed E-state index contributed by atoms with van der Waals surface area (Å²) >= 11 is 0. The molecular weight excluding hydrogens is 522 g/mol. The van der Waals surface area contributed by atoms with Gasteiger partial charge >= 0.3 is 0 Å². The number of anilines is 2. The van der Waals surface area contributed by atoms with Gasteiger partial charge in [-0.3, -0.25) is 4.79 Å². The van der Waals surface area contributed by atoms with Crippen LogP contribution in [0.15, 0.2) is 30.6 Å². The highest BCUT2D eigenvalue weighted by Crippen LogP contribution is 2.44. The zero-order valence-corrected chi connectivity index (χ0v) is 24.0. The van der Waals surface area contributed by atoms with Crippen molar-refractivity contribution in [2.24, 2.45) is 0 Å². The molecule has 0 bridgehead atoms. The van der Waals surface area contributed by atoms with E-state index in [-0.39, 0.29) is 30.3 Å². The Balaban J connectivity index is 1.10. The minimum atomic E-state index is -1.15. The van der Waals surface area contributed by atoms with E-state index in [2.05, 4.69) is 39.4 Å². The third-order valence-electron chi connectivity index (χ3n) is 8.76. The second-order valence-electron chi connectivity index (χ2n) is 12.1. The number of hydrogen-bond acceptors (Lipinski definition) is 9. The number of nitrogens with two attached hydrogens (primary N) is 2. The standard InChI is InChI=1S/C29H39N9O3/c1-18(2)25-33-19-7-4-5-8-20(19)37(25)12-6-9-22(39)36-13-10-29(11-14-36)15-21(28(3,40)16-41-29)38-17-32-23-24(30)34-27(31)35-26(23)38/h4-5,7-8,17-18,21,40H,6,9-16H2,1-3H3,(H4,30,31,34,35)/t21-,28-/m0/s1. The molecule has 4 aromatic rings. The maximum absolute atomic E-state index is 13.2. The van der Waals surface area contributed by atoms with Crippen molar-refractivity contribution < 1.29 is 14.6 Å². The maximum atomic E-state index is 13.2. The molecule has 1 spiro atoms. The first-order valence-electron chi connectivity index (χ1n) is 14.4. The summed E-state index contributed by atoms with van der Waals surface area (Å²) in [4.78, 5) is 32.7. The molecule has 12 nitrogen and oxygen atoms in total. The smallest absolute Gasteiger partial charge is 0.224 e. The summed E-state index contributed by atoms with van der Waals surface area (Å²) in [6.45, 7) is 8.22. The first kappa shape index (κ1) is 27.4. The van der Waals surface area contributed by atoms with Crippen molar-refractivity contribution >= 4 is 39.9 Å². The summed E-state index contributed by atoms with van der Waals surface area (Å²) in [6, 6.07) is 7.82. The Morgan fingerprint density at radius 3 is 2.68 bits per heavy atom. The molecule has 218 valence electrons. The summed E-state index contributed by atoms with van der Waals surface area (Å²) in [7, 11) is 0. The normalized spacial score (nSPS) is 22.8. The van der Waals surface area contributed by atoms with Crippen LogP contribution in [0.25, 0.3) is 22.2 Å². The van der Waals surface area contributed by atoms with Gasteiger partial charge in [-0.15, -0.1) is 0 Å². The van der Waals surface area contributed by atoms with Crippen LogP contribution in [0, 0.1) is 0 Å². The Morgan fingerprint density at radius 2 is 1.93 bits per heavy atom. The molecule has 1 aromatic carbocycles. The zero-order valence-electron chi connectivity index (χ0n) is 24.0. The van der Waals surface area contributed by atoms with Crippen LogP contribution in [0.1, 0.15) is 70.7 Å². The van der Waals surface area contributed by atoms with E-state index in [1.165, 1.54) is 0 Å². The lowest BCUT2D eigenvalue weighted by molar-refractivity contribution is -0.201. The largest absolute Gasteiger partial charge is 0.386 e. The zero-order chi connectivity index (χ0) is 28.9. The molecule has 0 unspecified atom stereocenters. The summed E-state index contributed by atoms with van der Waals surface area (Å²) in [6.07, 6.45) is 4.83. The van der Waals surface area contributed by atoms with Crippen LogP contribution in [0.2, 0.25) is 0 Å². The van der Waals surface area contributed by atoms with Gasteiger partial charge in [0.2, 0.25) is 11.9 Å². The van der Waals surface area contributed by atoms with E-state index in [1.807, 2.05) is 27.7 Å². The predicted octanol–water partition coefficient (Wildman–Crippen LogP) is 3.02. The third kappa shape index (κ3) is 4.99. The van der Waals surface area contributed by atoms with Crippen molar-refractivity contribution in [1.82, 2.24) is 34.0 Å². The Morgan fingerprint density at radius 1 is 1.17 bits per heavy atom. The number of ether oxygens (including phenoxy) is 1. The Bertz CT molecular complexity index is 1580. The molecule has 2 atom stereocenters. The summed E-state index contributed by atoms with van der Waals surface area (Å²) in [5.41, 5.74) is 13.4. The van der Waals surface area contributed by atoms with Gasteiger partial charge in [-0.05, 0) is 38.3 Å². The molecule has 41 heavy (non-hydrogen) atoms. The number of nitrogens with zero attached hydrogens (tertiary/aromatic N) is 7. The summed E-state index contributed by atoms with van der Waals surface area (Å²) in [5.74, 6) is 1.80. The van der Waals surface area contributed by atoms with Crippen molar-refractivity contribution in [3.05, 3.63) is 36.4 Å². The molecule has 0 aliphatic carbocycles. The Kier molecular flexibility index (Phi) is 6.85. The van der Waals surface area contributed by atoms with Gasteiger partial charge in [0.1, 0.15) is 16.9 Å².